The highest BCUT2D eigenvalue weighted by atomic mass is 19.3. The molecule has 1 rings (SSSR count). The normalized spacial score (nSPS) is 10.3. The molecular weight excluding hydrogens is 196 g/mol. The summed E-state index contributed by atoms with van der Waals surface area (Å²) < 4.78 is 27.7. The number of pyridine rings is 1. The van der Waals surface area contributed by atoms with E-state index in [1.165, 1.54) is 13.0 Å². The van der Waals surface area contributed by atoms with E-state index >= 15 is 0 Å². The van der Waals surface area contributed by atoms with Crippen LogP contribution < -0.4 is 4.74 Å². The number of aromatic carboxylic acids is 1. The molecule has 1 aromatic rings. The summed E-state index contributed by atoms with van der Waals surface area (Å²) in [6.07, 6.45) is 1.11. The Morgan fingerprint density at radius 3 is 2.79 bits per heavy atom. The van der Waals surface area contributed by atoms with Crippen molar-refractivity contribution in [1.29, 1.82) is 0 Å². The number of ether oxygens (including phenoxy) is 1. The molecule has 14 heavy (non-hydrogen) atoms. The number of halogens is 2. The monoisotopic (exact) mass is 203 g/mol. The first-order valence-corrected chi connectivity index (χ1v) is 3.66. The highest BCUT2D eigenvalue weighted by molar-refractivity contribution is 5.89. The lowest BCUT2D eigenvalue weighted by Crippen LogP contribution is -2.08. The Kier molecular flexibility index (Phi) is 2.95. The summed E-state index contributed by atoms with van der Waals surface area (Å²) in [5.41, 5.74) is -0.0176. The molecule has 1 N–H and O–H groups in total. The van der Waals surface area contributed by atoms with Gasteiger partial charge in [-0.3, -0.25) is 0 Å². The lowest BCUT2D eigenvalue weighted by molar-refractivity contribution is -0.0534. The van der Waals surface area contributed by atoms with Gasteiger partial charge in [0.15, 0.2) is 0 Å². The third-order valence-corrected chi connectivity index (χ3v) is 1.59. The second-order valence-corrected chi connectivity index (χ2v) is 2.47. The Hall–Kier alpha value is -1.72. The van der Waals surface area contributed by atoms with Gasteiger partial charge >= 0.3 is 12.6 Å². The zero-order chi connectivity index (χ0) is 10.7. The highest BCUT2D eigenvalue weighted by Gasteiger charge is 2.14. The Morgan fingerprint density at radius 1 is 1.64 bits per heavy atom. The number of carboxylic acids is 1. The smallest absolute Gasteiger partial charge is 0.388 e. The van der Waals surface area contributed by atoms with E-state index in [1.807, 2.05) is 0 Å². The average Bonchev–Trinajstić information content (AvgIpc) is 2.07. The van der Waals surface area contributed by atoms with Gasteiger partial charge in [0.1, 0.15) is 0 Å². The summed E-state index contributed by atoms with van der Waals surface area (Å²) in [4.78, 5) is 14.1. The Labute approximate surface area is 78.1 Å². The fraction of sp³-hybridized carbons (Fsp3) is 0.250. The Bertz CT molecular complexity index is 354. The third kappa shape index (κ3) is 2.15. The van der Waals surface area contributed by atoms with Crippen LogP contribution in [0.15, 0.2) is 12.3 Å². The molecule has 1 aromatic heterocycles. The molecule has 4 nitrogen and oxygen atoms in total. The zero-order valence-corrected chi connectivity index (χ0v) is 7.20. The fourth-order valence-electron chi connectivity index (χ4n) is 0.951. The van der Waals surface area contributed by atoms with Gasteiger partial charge in [-0.2, -0.15) is 8.78 Å². The third-order valence-electron chi connectivity index (χ3n) is 1.59. The predicted octanol–water partition coefficient (Wildman–Crippen LogP) is 1.69. The van der Waals surface area contributed by atoms with Gasteiger partial charge < -0.3 is 9.84 Å². The van der Waals surface area contributed by atoms with Gasteiger partial charge in [0, 0.05) is 11.8 Å². The topological polar surface area (TPSA) is 59.4 Å². The van der Waals surface area contributed by atoms with Crippen molar-refractivity contribution >= 4 is 5.97 Å². The van der Waals surface area contributed by atoms with Gasteiger partial charge in [-0.1, -0.05) is 0 Å². The van der Waals surface area contributed by atoms with Crippen LogP contribution in [0.4, 0.5) is 8.78 Å². The average molecular weight is 203 g/mol. The van der Waals surface area contributed by atoms with E-state index in [-0.39, 0.29) is 17.0 Å². The van der Waals surface area contributed by atoms with Crippen LogP contribution in [-0.2, 0) is 0 Å². The maximum absolute atomic E-state index is 11.8. The largest absolute Gasteiger partial charge is 0.478 e. The quantitative estimate of drug-likeness (QED) is 0.811. The molecule has 0 spiro atoms. The first kappa shape index (κ1) is 10.4. The Balaban J connectivity index is 3.07. The predicted molar refractivity (Wildman–Crippen MR) is 42.6 cm³/mol. The SMILES string of the molecule is Cc1c(C(=O)O)ccnc1OC(F)F. The van der Waals surface area contributed by atoms with Crippen molar-refractivity contribution in [2.75, 3.05) is 0 Å². The number of hydrogen-bond donors (Lipinski definition) is 1. The lowest BCUT2D eigenvalue weighted by Gasteiger charge is -2.07. The van der Waals surface area contributed by atoms with Crippen molar-refractivity contribution in [1.82, 2.24) is 4.98 Å². The first-order chi connectivity index (χ1) is 6.52. The van der Waals surface area contributed by atoms with Crippen molar-refractivity contribution in [3.63, 3.8) is 0 Å². The zero-order valence-electron chi connectivity index (χ0n) is 7.20. The molecule has 0 aliphatic carbocycles. The fourth-order valence-corrected chi connectivity index (χ4v) is 0.951. The first-order valence-electron chi connectivity index (χ1n) is 3.66. The van der Waals surface area contributed by atoms with Gasteiger partial charge in [-0.25, -0.2) is 9.78 Å². The molecule has 0 atom stereocenters. The van der Waals surface area contributed by atoms with E-state index in [9.17, 15) is 13.6 Å². The Morgan fingerprint density at radius 2 is 2.29 bits per heavy atom. The molecule has 0 saturated carbocycles. The van der Waals surface area contributed by atoms with Gasteiger partial charge in [0.05, 0.1) is 5.56 Å². The van der Waals surface area contributed by atoms with Gasteiger partial charge in [0.25, 0.3) is 0 Å². The van der Waals surface area contributed by atoms with Gasteiger partial charge in [-0.05, 0) is 13.0 Å². The van der Waals surface area contributed by atoms with E-state index in [0.29, 0.717) is 0 Å². The summed E-state index contributed by atoms with van der Waals surface area (Å²) in [7, 11) is 0. The standard InChI is InChI=1S/C8H7F2NO3/c1-4-5(7(12)13)2-3-11-6(4)14-8(9)10/h2-3,8H,1H3,(H,12,13). The summed E-state index contributed by atoms with van der Waals surface area (Å²) in [5.74, 6) is -1.57. The number of alkyl halides is 2. The van der Waals surface area contributed by atoms with E-state index in [4.69, 9.17) is 5.11 Å². The molecule has 6 heteroatoms. The molecular formula is C8H7F2NO3. The van der Waals surface area contributed by atoms with Crippen molar-refractivity contribution in [3.8, 4) is 5.88 Å². The minimum Gasteiger partial charge on any atom is -0.478 e. The summed E-state index contributed by atoms with van der Waals surface area (Å²) in [5, 5.41) is 8.65. The lowest BCUT2D eigenvalue weighted by atomic mass is 10.1. The van der Waals surface area contributed by atoms with E-state index < -0.39 is 12.6 Å². The molecule has 1 heterocycles. The minimum atomic E-state index is -3.01. The molecule has 0 bridgehead atoms. The van der Waals surface area contributed by atoms with Crippen LogP contribution in [-0.4, -0.2) is 22.7 Å². The van der Waals surface area contributed by atoms with Crippen LogP contribution >= 0.6 is 0 Å². The number of carboxylic acid groups (broad SMARTS) is 1. The summed E-state index contributed by atoms with van der Waals surface area (Å²) in [6.45, 7) is -1.65. The number of nitrogens with zero attached hydrogens (tertiary/aromatic N) is 1. The maximum Gasteiger partial charge on any atom is 0.388 e. The molecule has 0 aliphatic rings. The number of aromatic nitrogens is 1. The summed E-state index contributed by atoms with van der Waals surface area (Å²) in [6, 6.07) is 1.22. The van der Waals surface area contributed by atoms with Crippen LogP contribution in [0.25, 0.3) is 0 Å². The second-order valence-electron chi connectivity index (χ2n) is 2.47. The van der Waals surface area contributed by atoms with Crippen molar-refractivity contribution in [2.45, 2.75) is 13.5 Å². The molecule has 0 aromatic carbocycles. The van der Waals surface area contributed by atoms with Crippen LogP contribution in [0.1, 0.15) is 15.9 Å². The van der Waals surface area contributed by atoms with E-state index in [0.717, 1.165) is 6.20 Å². The van der Waals surface area contributed by atoms with Crippen molar-refractivity contribution in [3.05, 3.63) is 23.4 Å². The molecule has 76 valence electrons. The molecule has 0 radical (unpaired) electrons. The van der Waals surface area contributed by atoms with Crippen LogP contribution in [0.2, 0.25) is 0 Å². The molecule has 0 amide bonds. The number of carbonyl (C=O) groups is 1. The second kappa shape index (κ2) is 3.99. The van der Waals surface area contributed by atoms with Crippen LogP contribution in [0.5, 0.6) is 5.88 Å². The van der Waals surface area contributed by atoms with E-state index in [1.54, 1.807) is 0 Å². The molecule has 0 fully saturated rings. The number of hydrogen-bond acceptors (Lipinski definition) is 3. The molecule has 0 saturated heterocycles. The highest BCUT2D eigenvalue weighted by Crippen LogP contribution is 2.19. The van der Waals surface area contributed by atoms with Gasteiger partial charge in [0.2, 0.25) is 5.88 Å². The van der Waals surface area contributed by atoms with Crippen molar-refractivity contribution < 1.29 is 23.4 Å². The summed E-state index contributed by atoms with van der Waals surface area (Å²) >= 11 is 0. The molecule has 0 aliphatic heterocycles. The maximum atomic E-state index is 11.8. The van der Waals surface area contributed by atoms with E-state index in [2.05, 4.69) is 9.72 Å². The van der Waals surface area contributed by atoms with Gasteiger partial charge in [-0.15, -0.1) is 0 Å². The minimum absolute atomic E-state index is 0.0836. The molecule has 0 unspecified atom stereocenters. The van der Waals surface area contributed by atoms with Crippen LogP contribution in [0, 0.1) is 6.92 Å². The van der Waals surface area contributed by atoms with Crippen LogP contribution in [0.3, 0.4) is 0 Å². The van der Waals surface area contributed by atoms with Crippen molar-refractivity contribution in [2.24, 2.45) is 0 Å². The number of rotatable bonds is 3.